The summed E-state index contributed by atoms with van der Waals surface area (Å²) in [6.45, 7) is 0. The van der Waals surface area contributed by atoms with Gasteiger partial charge in [-0.15, -0.1) is 0 Å². The quantitative estimate of drug-likeness (QED) is 0.781. The molecule has 0 fully saturated rings. The molecule has 0 aliphatic rings. The fourth-order valence-corrected chi connectivity index (χ4v) is 1.92. The zero-order valence-corrected chi connectivity index (χ0v) is 9.54. The van der Waals surface area contributed by atoms with Gasteiger partial charge in [-0.2, -0.15) is 0 Å². The SMILES string of the molecule is O=CN[C@H](CC(=O)O)c1cccc2cccnc12. The van der Waals surface area contributed by atoms with Crippen LogP contribution < -0.4 is 5.32 Å². The highest BCUT2D eigenvalue weighted by Crippen LogP contribution is 2.24. The maximum absolute atomic E-state index is 10.8. The van der Waals surface area contributed by atoms with Crippen molar-refractivity contribution in [2.24, 2.45) is 0 Å². The zero-order chi connectivity index (χ0) is 13.0. The van der Waals surface area contributed by atoms with Gasteiger partial charge >= 0.3 is 5.97 Å². The molecule has 0 bridgehead atoms. The summed E-state index contributed by atoms with van der Waals surface area (Å²) < 4.78 is 0. The fraction of sp³-hybridized carbons (Fsp3) is 0.154. The number of para-hydroxylation sites is 1. The molecule has 1 amide bonds. The van der Waals surface area contributed by atoms with Crippen molar-refractivity contribution in [3.8, 4) is 0 Å². The van der Waals surface area contributed by atoms with Crippen molar-refractivity contribution in [2.75, 3.05) is 0 Å². The first-order chi connectivity index (χ1) is 8.72. The highest BCUT2D eigenvalue weighted by molar-refractivity contribution is 5.83. The summed E-state index contributed by atoms with van der Waals surface area (Å²) in [5.41, 5.74) is 1.42. The van der Waals surface area contributed by atoms with Crippen LogP contribution in [0.15, 0.2) is 36.5 Å². The minimum Gasteiger partial charge on any atom is -0.481 e. The lowest BCUT2D eigenvalue weighted by atomic mass is 10.0. The molecule has 1 heterocycles. The predicted molar refractivity (Wildman–Crippen MR) is 65.9 cm³/mol. The Balaban J connectivity index is 2.49. The maximum atomic E-state index is 10.8. The van der Waals surface area contributed by atoms with Gasteiger partial charge in [0.2, 0.25) is 6.41 Å². The lowest BCUT2D eigenvalue weighted by Crippen LogP contribution is -2.22. The molecule has 2 aromatic rings. The van der Waals surface area contributed by atoms with Crippen LogP contribution in [-0.2, 0) is 9.59 Å². The average molecular weight is 244 g/mol. The van der Waals surface area contributed by atoms with Gasteiger partial charge in [0.25, 0.3) is 0 Å². The Bertz CT molecular complexity index is 578. The summed E-state index contributed by atoms with van der Waals surface area (Å²) in [5, 5.41) is 12.3. The van der Waals surface area contributed by atoms with E-state index < -0.39 is 12.0 Å². The van der Waals surface area contributed by atoms with Crippen LogP contribution >= 0.6 is 0 Å². The summed E-state index contributed by atoms with van der Waals surface area (Å²) >= 11 is 0. The first-order valence-electron chi connectivity index (χ1n) is 5.47. The monoisotopic (exact) mass is 244 g/mol. The molecule has 0 aliphatic heterocycles. The number of carbonyl (C=O) groups is 2. The molecular weight excluding hydrogens is 232 g/mol. The third kappa shape index (κ3) is 2.45. The molecule has 92 valence electrons. The average Bonchev–Trinajstić information content (AvgIpc) is 2.37. The second-order valence-corrected chi connectivity index (χ2v) is 3.86. The minimum absolute atomic E-state index is 0.172. The van der Waals surface area contributed by atoms with Crippen molar-refractivity contribution < 1.29 is 14.7 Å². The Morgan fingerprint density at radius 3 is 2.89 bits per heavy atom. The first kappa shape index (κ1) is 12.0. The van der Waals surface area contributed by atoms with Gasteiger partial charge in [0.15, 0.2) is 0 Å². The van der Waals surface area contributed by atoms with Gasteiger partial charge < -0.3 is 10.4 Å². The largest absolute Gasteiger partial charge is 0.481 e. The van der Waals surface area contributed by atoms with E-state index in [0.29, 0.717) is 17.5 Å². The van der Waals surface area contributed by atoms with E-state index in [1.807, 2.05) is 24.3 Å². The van der Waals surface area contributed by atoms with Crippen LogP contribution in [0.1, 0.15) is 18.0 Å². The van der Waals surface area contributed by atoms with E-state index in [0.717, 1.165) is 5.39 Å². The van der Waals surface area contributed by atoms with E-state index in [9.17, 15) is 9.59 Å². The first-order valence-corrected chi connectivity index (χ1v) is 5.47. The molecule has 2 rings (SSSR count). The lowest BCUT2D eigenvalue weighted by Gasteiger charge is -2.15. The van der Waals surface area contributed by atoms with Gasteiger partial charge in [0.1, 0.15) is 0 Å². The number of hydrogen-bond donors (Lipinski definition) is 2. The lowest BCUT2D eigenvalue weighted by molar-refractivity contribution is -0.137. The number of benzene rings is 1. The van der Waals surface area contributed by atoms with Crippen LogP contribution in [0.4, 0.5) is 0 Å². The smallest absolute Gasteiger partial charge is 0.305 e. The molecule has 0 radical (unpaired) electrons. The highest BCUT2D eigenvalue weighted by atomic mass is 16.4. The number of carbonyl (C=O) groups excluding carboxylic acids is 1. The van der Waals surface area contributed by atoms with Crippen molar-refractivity contribution >= 4 is 23.3 Å². The number of nitrogens with zero attached hydrogens (tertiary/aromatic N) is 1. The van der Waals surface area contributed by atoms with Gasteiger partial charge in [-0.1, -0.05) is 24.3 Å². The topological polar surface area (TPSA) is 79.3 Å². The number of carboxylic acids is 1. The van der Waals surface area contributed by atoms with Gasteiger partial charge in [0, 0.05) is 17.1 Å². The Morgan fingerprint density at radius 2 is 2.17 bits per heavy atom. The maximum Gasteiger partial charge on any atom is 0.305 e. The van der Waals surface area contributed by atoms with Crippen LogP contribution in [0, 0.1) is 0 Å². The molecule has 5 heteroatoms. The molecule has 2 N–H and O–H groups in total. The van der Waals surface area contributed by atoms with Crippen molar-refractivity contribution in [3.05, 3.63) is 42.1 Å². The number of aliphatic carboxylic acids is 1. The second-order valence-electron chi connectivity index (χ2n) is 3.86. The summed E-state index contributed by atoms with van der Waals surface area (Å²) in [7, 11) is 0. The van der Waals surface area contributed by atoms with E-state index >= 15 is 0 Å². The molecule has 0 aliphatic carbocycles. The summed E-state index contributed by atoms with van der Waals surface area (Å²) in [6.07, 6.45) is 1.98. The van der Waals surface area contributed by atoms with E-state index in [1.165, 1.54) is 0 Å². The summed E-state index contributed by atoms with van der Waals surface area (Å²) in [5.74, 6) is -0.970. The van der Waals surface area contributed by atoms with Gasteiger partial charge in [-0.25, -0.2) is 0 Å². The number of amides is 1. The van der Waals surface area contributed by atoms with Gasteiger partial charge in [-0.05, 0) is 6.07 Å². The number of aromatic nitrogens is 1. The van der Waals surface area contributed by atoms with Crippen molar-refractivity contribution in [3.63, 3.8) is 0 Å². The van der Waals surface area contributed by atoms with Gasteiger partial charge in [-0.3, -0.25) is 14.6 Å². The number of carboxylic acid groups (broad SMARTS) is 1. The molecule has 0 spiro atoms. The third-order valence-corrected chi connectivity index (χ3v) is 2.69. The number of rotatable bonds is 5. The zero-order valence-electron chi connectivity index (χ0n) is 9.54. The Labute approximate surface area is 103 Å². The molecule has 1 aromatic heterocycles. The molecule has 1 aromatic carbocycles. The summed E-state index contributed by atoms with van der Waals surface area (Å²) in [6, 6.07) is 8.62. The number of nitrogens with one attached hydrogen (secondary N) is 1. The van der Waals surface area contributed by atoms with Crippen LogP contribution in [0.25, 0.3) is 10.9 Å². The molecule has 1 atom stereocenters. The summed E-state index contributed by atoms with van der Waals surface area (Å²) in [4.78, 5) is 25.6. The Hall–Kier alpha value is -2.43. The molecule has 0 saturated carbocycles. The minimum atomic E-state index is -0.970. The third-order valence-electron chi connectivity index (χ3n) is 2.69. The fourth-order valence-electron chi connectivity index (χ4n) is 1.92. The standard InChI is InChI=1S/C13H12N2O3/c16-8-15-11(7-12(17)18)10-5-1-3-9-4-2-6-14-13(9)10/h1-6,8,11H,7H2,(H,15,16)(H,17,18)/t11-/m1/s1. The number of pyridine rings is 1. The van der Waals surface area contributed by atoms with E-state index in [4.69, 9.17) is 5.11 Å². The van der Waals surface area contributed by atoms with Crippen LogP contribution in [-0.4, -0.2) is 22.5 Å². The van der Waals surface area contributed by atoms with Crippen LogP contribution in [0.5, 0.6) is 0 Å². The van der Waals surface area contributed by atoms with Crippen molar-refractivity contribution in [1.29, 1.82) is 0 Å². The molecular formula is C13H12N2O3. The van der Waals surface area contributed by atoms with Crippen molar-refractivity contribution in [2.45, 2.75) is 12.5 Å². The van der Waals surface area contributed by atoms with Gasteiger partial charge in [0.05, 0.1) is 18.0 Å². The highest BCUT2D eigenvalue weighted by Gasteiger charge is 2.17. The van der Waals surface area contributed by atoms with Crippen molar-refractivity contribution in [1.82, 2.24) is 10.3 Å². The van der Waals surface area contributed by atoms with E-state index in [2.05, 4.69) is 10.3 Å². The number of hydrogen-bond acceptors (Lipinski definition) is 3. The predicted octanol–water partition coefficient (Wildman–Crippen LogP) is 1.50. The molecule has 18 heavy (non-hydrogen) atoms. The van der Waals surface area contributed by atoms with Crippen LogP contribution in [0.3, 0.4) is 0 Å². The van der Waals surface area contributed by atoms with E-state index in [-0.39, 0.29) is 6.42 Å². The molecule has 0 saturated heterocycles. The number of fused-ring (bicyclic) bond motifs is 1. The van der Waals surface area contributed by atoms with E-state index in [1.54, 1.807) is 12.3 Å². The second kappa shape index (κ2) is 5.27. The molecule has 0 unspecified atom stereocenters. The normalized spacial score (nSPS) is 12.0. The Morgan fingerprint density at radius 1 is 1.39 bits per heavy atom. The Kier molecular flexibility index (Phi) is 3.52. The van der Waals surface area contributed by atoms with Crippen LogP contribution in [0.2, 0.25) is 0 Å². The molecule has 5 nitrogen and oxygen atoms in total.